The Balaban J connectivity index is 1.85. The molecule has 1 fully saturated rings. The quantitative estimate of drug-likeness (QED) is 0.863. The largest absolute Gasteiger partial charge is 0.362 e. The van der Waals surface area contributed by atoms with Crippen molar-refractivity contribution in [1.82, 2.24) is 20.0 Å². The summed E-state index contributed by atoms with van der Waals surface area (Å²) in [4.78, 5) is 26.0. The van der Waals surface area contributed by atoms with Gasteiger partial charge in [-0.2, -0.15) is 5.10 Å². The number of hydrogen-bond donors (Lipinski definition) is 1. The van der Waals surface area contributed by atoms with E-state index < -0.39 is 5.60 Å². The van der Waals surface area contributed by atoms with Crippen LogP contribution in [0.2, 0.25) is 0 Å². The van der Waals surface area contributed by atoms with Gasteiger partial charge in [0.15, 0.2) is 5.60 Å². The van der Waals surface area contributed by atoms with Crippen LogP contribution in [0.3, 0.4) is 0 Å². The lowest BCUT2D eigenvalue weighted by Crippen LogP contribution is -2.58. The number of nitrogens with one attached hydrogen (secondary N) is 1. The van der Waals surface area contributed by atoms with E-state index in [0.717, 1.165) is 24.4 Å². The summed E-state index contributed by atoms with van der Waals surface area (Å²) in [6.07, 6.45) is 1.18. The van der Waals surface area contributed by atoms with Crippen molar-refractivity contribution in [2.24, 2.45) is 0 Å². The van der Waals surface area contributed by atoms with Crippen molar-refractivity contribution in [3.8, 4) is 0 Å². The molecule has 0 bridgehead atoms. The maximum absolute atomic E-state index is 12.4. The Labute approximate surface area is 137 Å². The number of hydrogen-bond acceptors (Lipinski definition) is 4. The highest BCUT2D eigenvalue weighted by Gasteiger charge is 2.39. The Morgan fingerprint density at radius 3 is 2.78 bits per heavy atom. The van der Waals surface area contributed by atoms with Gasteiger partial charge in [0.05, 0.1) is 18.8 Å². The van der Waals surface area contributed by atoms with Gasteiger partial charge in [-0.1, -0.05) is 0 Å². The maximum Gasteiger partial charge on any atom is 0.253 e. The molecule has 7 nitrogen and oxygen atoms in total. The van der Waals surface area contributed by atoms with Crippen LogP contribution >= 0.6 is 0 Å². The molecule has 2 amide bonds. The average Bonchev–Trinajstić information content (AvgIpc) is 2.84. The Bertz CT molecular complexity index is 584. The highest BCUT2D eigenvalue weighted by Crippen LogP contribution is 2.19. The van der Waals surface area contributed by atoms with Crippen molar-refractivity contribution in [3.05, 3.63) is 17.5 Å². The monoisotopic (exact) mass is 322 g/mol. The fourth-order valence-electron chi connectivity index (χ4n) is 2.92. The van der Waals surface area contributed by atoms with E-state index in [4.69, 9.17) is 4.74 Å². The standard InChI is InChI=1S/C16H26N4O3/c1-12-10-13(2)20(18-12)7-5-6-14(21)19-8-9-23-16(3,11-19)15(22)17-4/h10H,5-9,11H2,1-4H3,(H,17,22). The summed E-state index contributed by atoms with van der Waals surface area (Å²) in [5, 5.41) is 6.99. The fraction of sp³-hybridized carbons (Fsp3) is 0.688. The molecule has 0 radical (unpaired) electrons. The summed E-state index contributed by atoms with van der Waals surface area (Å²) in [5.74, 6) is -0.136. The zero-order valence-electron chi connectivity index (χ0n) is 14.4. The van der Waals surface area contributed by atoms with Gasteiger partial charge in [0, 0.05) is 32.3 Å². The van der Waals surface area contributed by atoms with Crippen LogP contribution in [-0.4, -0.2) is 58.8 Å². The molecule has 7 heteroatoms. The van der Waals surface area contributed by atoms with E-state index >= 15 is 0 Å². The van der Waals surface area contributed by atoms with Crippen molar-refractivity contribution in [1.29, 1.82) is 0 Å². The molecule has 0 saturated carbocycles. The molecule has 0 aromatic carbocycles. The van der Waals surface area contributed by atoms with Gasteiger partial charge in [0.25, 0.3) is 5.91 Å². The molecule has 1 aromatic rings. The lowest BCUT2D eigenvalue weighted by Gasteiger charge is -2.39. The molecule has 23 heavy (non-hydrogen) atoms. The van der Waals surface area contributed by atoms with Gasteiger partial charge in [0.1, 0.15) is 0 Å². The summed E-state index contributed by atoms with van der Waals surface area (Å²) in [5.41, 5.74) is 1.13. The molecule has 0 spiro atoms. The minimum atomic E-state index is -0.960. The average molecular weight is 322 g/mol. The van der Waals surface area contributed by atoms with Gasteiger partial charge in [-0.3, -0.25) is 14.3 Å². The van der Waals surface area contributed by atoms with Gasteiger partial charge in [0.2, 0.25) is 5.91 Å². The zero-order chi connectivity index (χ0) is 17.0. The molecule has 1 aliphatic rings. The molecule has 128 valence electrons. The van der Waals surface area contributed by atoms with E-state index in [1.54, 1.807) is 18.9 Å². The highest BCUT2D eigenvalue weighted by atomic mass is 16.5. The number of carbonyl (C=O) groups excluding carboxylic acids is 2. The number of nitrogens with zero attached hydrogens (tertiary/aromatic N) is 3. The van der Waals surface area contributed by atoms with E-state index in [-0.39, 0.29) is 11.8 Å². The number of aromatic nitrogens is 2. The third-order valence-electron chi connectivity index (χ3n) is 4.20. The van der Waals surface area contributed by atoms with E-state index in [1.807, 2.05) is 24.6 Å². The second-order valence-corrected chi connectivity index (χ2v) is 6.23. The molecule has 1 aliphatic heterocycles. The molecular formula is C16H26N4O3. The molecular weight excluding hydrogens is 296 g/mol. The van der Waals surface area contributed by atoms with Crippen molar-refractivity contribution >= 4 is 11.8 Å². The SMILES string of the molecule is CNC(=O)C1(C)CN(C(=O)CCCn2nc(C)cc2C)CCO1. The second-order valence-electron chi connectivity index (χ2n) is 6.23. The number of ether oxygens (including phenoxy) is 1. The summed E-state index contributed by atoms with van der Waals surface area (Å²) < 4.78 is 7.50. The Hall–Kier alpha value is -1.89. The second kappa shape index (κ2) is 7.12. The number of likely N-dealkylation sites (N-methyl/N-ethyl adjacent to an activating group) is 1. The molecule has 1 aromatic heterocycles. The number of amides is 2. The lowest BCUT2D eigenvalue weighted by molar-refractivity contribution is -0.162. The number of morpholine rings is 1. The van der Waals surface area contributed by atoms with Gasteiger partial charge >= 0.3 is 0 Å². The maximum atomic E-state index is 12.4. The lowest BCUT2D eigenvalue weighted by atomic mass is 10.0. The minimum Gasteiger partial charge on any atom is -0.362 e. The molecule has 2 rings (SSSR count). The van der Waals surface area contributed by atoms with Crippen molar-refractivity contribution < 1.29 is 14.3 Å². The molecule has 1 atom stereocenters. The minimum absolute atomic E-state index is 0.0601. The molecule has 2 heterocycles. The van der Waals surface area contributed by atoms with Crippen molar-refractivity contribution in [2.75, 3.05) is 26.7 Å². The van der Waals surface area contributed by atoms with Gasteiger partial charge in [-0.05, 0) is 33.3 Å². The first-order valence-corrected chi connectivity index (χ1v) is 8.01. The fourth-order valence-corrected chi connectivity index (χ4v) is 2.92. The van der Waals surface area contributed by atoms with Gasteiger partial charge in [-0.15, -0.1) is 0 Å². The van der Waals surface area contributed by atoms with Crippen LogP contribution in [0.1, 0.15) is 31.2 Å². The van der Waals surface area contributed by atoms with E-state index in [1.165, 1.54) is 0 Å². The predicted molar refractivity (Wildman–Crippen MR) is 85.9 cm³/mol. The van der Waals surface area contributed by atoms with Crippen LogP contribution in [0.4, 0.5) is 0 Å². The van der Waals surface area contributed by atoms with Crippen LogP contribution in [-0.2, 0) is 20.9 Å². The Kier molecular flexibility index (Phi) is 5.41. The summed E-state index contributed by atoms with van der Waals surface area (Å²) in [6, 6.07) is 2.03. The summed E-state index contributed by atoms with van der Waals surface area (Å²) in [7, 11) is 1.58. The van der Waals surface area contributed by atoms with E-state index in [0.29, 0.717) is 26.1 Å². The first-order valence-electron chi connectivity index (χ1n) is 8.01. The van der Waals surface area contributed by atoms with Crippen LogP contribution in [0.15, 0.2) is 6.07 Å². The predicted octanol–water partition coefficient (Wildman–Crippen LogP) is 0.644. The zero-order valence-corrected chi connectivity index (χ0v) is 14.4. The number of rotatable bonds is 5. The number of carbonyl (C=O) groups is 2. The third kappa shape index (κ3) is 4.10. The Morgan fingerprint density at radius 2 is 2.17 bits per heavy atom. The van der Waals surface area contributed by atoms with E-state index in [2.05, 4.69) is 10.4 Å². The van der Waals surface area contributed by atoms with E-state index in [9.17, 15) is 9.59 Å². The highest BCUT2D eigenvalue weighted by molar-refractivity contribution is 5.86. The topological polar surface area (TPSA) is 76.5 Å². The summed E-state index contributed by atoms with van der Waals surface area (Å²) in [6.45, 7) is 7.63. The number of aryl methyl sites for hydroxylation is 3. The van der Waals surface area contributed by atoms with Gasteiger partial charge < -0.3 is 15.0 Å². The van der Waals surface area contributed by atoms with Crippen LogP contribution in [0.25, 0.3) is 0 Å². The smallest absolute Gasteiger partial charge is 0.253 e. The first kappa shape index (κ1) is 17.5. The van der Waals surface area contributed by atoms with Gasteiger partial charge in [-0.25, -0.2) is 0 Å². The summed E-state index contributed by atoms with van der Waals surface area (Å²) >= 11 is 0. The first-order chi connectivity index (χ1) is 10.9. The Morgan fingerprint density at radius 1 is 1.43 bits per heavy atom. The molecule has 1 unspecified atom stereocenters. The van der Waals surface area contributed by atoms with Crippen molar-refractivity contribution in [2.45, 2.75) is 45.8 Å². The third-order valence-corrected chi connectivity index (χ3v) is 4.20. The normalized spacial score (nSPS) is 21.3. The van der Waals surface area contributed by atoms with Crippen LogP contribution in [0, 0.1) is 13.8 Å². The molecule has 1 saturated heterocycles. The molecule has 0 aliphatic carbocycles. The van der Waals surface area contributed by atoms with Crippen LogP contribution < -0.4 is 5.32 Å². The van der Waals surface area contributed by atoms with Crippen LogP contribution in [0.5, 0.6) is 0 Å². The van der Waals surface area contributed by atoms with Crippen molar-refractivity contribution in [3.63, 3.8) is 0 Å². The molecule has 1 N–H and O–H groups in total.